The van der Waals surface area contributed by atoms with Crippen molar-refractivity contribution in [2.24, 2.45) is 0 Å². The van der Waals surface area contributed by atoms with Crippen LogP contribution in [0.5, 0.6) is 5.75 Å². The number of fused-ring (bicyclic) bond motifs is 1. The van der Waals surface area contributed by atoms with Crippen molar-refractivity contribution in [1.29, 1.82) is 5.26 Å². The standard InChI is InChI=1S/C18H11NO2/c19-12-13-4-3-7-17(10-13)21-18(20)16-9-8-14-5-1-2-6-15(14)11-16/h1-11H. The van der Waals surface area contributed by atoms with E-state index in [1.165, 1.54) is 0 Å². The predicted molar refractivity (Wildman–Crippen MR) is 80.1 cm³/mol. The SMILES string of the molecule is N#Cc1cccc(OC(=O)c2ccc3ccccc3c2)c1. The summed E-state index contributed by atoms with van der Waals surface area (Å²) in [6.45, 7) is 0. The smallest absolute Gasteiger partial charge is 0.343 e. The van der Waals surface area contributed by atoms with Crippen LogP contribution in [0.1, 0.15) is 15.9 Å². The average Bonchev–Trinajstić information content (AvgIpc) is 2.54. The van der Waals surface area contributed by atoms with Gasteiger partial charge < -0.3 is 4.74 Å². The third-order valence-electron chi connectivity index (χ3n) is 3.16. The number of benzene rings is 3. The minimum absolute atomic E-state index is 0.368. The Bertz CT molecular complexity index is 862. The second-order valence-corrected chi connectivity index (χ2v) is 4.59. The van der Waals surface area contributed by atoms with E-state index in [4.69, 9.17) is 10.00 Å². The monoisotopic (exact) mass is 273 g/mol. The van der Waals surface area contributed by atoms with E-state index >= 15 is 0 Å². The summed E-state index contributed by atoms with van der Waals surface area (Å²) in [5.74, 6) is -0.0666. The molecule has 0 amide bonds. The molecule has 0 saturated heterocycles. The molecule has 0 fully saturated rings. The summed E-state index contributed by atoms with van der Waals surface area (Å²) in [5.41, 5.74) is 0.940. The summed E-state index contributed by atoms with van der Waals surface area (Å²) in [6, 6.07) is 21.8. The molecule has 0 radical (unpaired) electrons. The van der Waals surface area contributed by atoms with Gasteiger partial charge in [-0.3, -0.25) is 0 Å². The Balaban J connectivity index is 1.88. The first-order chi connectivity index (χ1) is 10.3. The molecule has 0 N–H and O–H groups in total. The number of ether oxygens (including phenoxy) is 1. The highest BCUT2D eigenvalue weighted by atomic mass is 16.5. The second kappa shape index (κ2) is 5.48. The Kier molecular flexibility index (Phi) is 3.36. The van der Waals surface area contributed by atoms with E-state index in [0.717, 1.165) is 10.8 Å². The van der Waals surface area contributed by atoms with Crippen LogP contribution in [0.2, 0.25) is 0 Å². The fraction of sp³-hybridized carbons (Fsp3) is 0. The summed E-state index contributed by atoms with van der Waals surface area (Å²) >= 11 is 0. The maximum Gasteiger partial charge on any atom is 0.343 e. The van der Waals surface area contributed by atoms with Crippen molar-refractivity contribution < 1.29 is 9.53 Å². The van der Waals surface area contributed by atoms with Crippen LogP contribution >= 0.6 is 0 Å². The van der Waals surface area contributed by atoms with Crippen molar-refractivity contribution in [3.05, 3.63) is 77.9 Å². The van der Waals surface area contributed by atoms with Crippen molar-refractivity contribution in [2.75, 3.05) is 0 Å². The third kappa shape index (κ3) is 2.75. The summed E-state index contributed by atoms with van der Waals surface area (Å²) in [6.07, 6.45) is 0. The van der Waals surface area contributed by atoms with E-state index < -0.39 is 5.97 Å². The van der Waals surface area contributed by atoms with Gasteiger partial charge in [0.15, 0.2) is 0 Å². The molecule has 0 heterocycles. The molecular formula is C18H11NO2. The van der Waals surface area contributed by atoms with Crippen LogP contribution in [-0.4, -0.2) is 5.97 Å². The molecule has 21 heavy (non-hydrogen) atoms. The highest BCUT2D eigenvalue weighted by Crippen LogP contribution is 2.18. The molecule has 3 rings (SSSR count). The molecule has 0 unspecified atom stereocenters. The van der Waals surface area contributed by atoms with Crippen molar-refractivity contribution in [3.63, 3.8) is 0 Å². The van der Waals surface area contributed by atoms with Crippen LogP contribution in [0, 0.1) is 11.3 Å². The highest BCUT2D eigenvalue weighted by Gasteiger charge is 2.09. The van der Waals surface area contributed by atoms with Crippen molar-refractivity contribution in [1.82, 2.24) is 0 Å². The van der Waals surface area contributed by atoms with Gasteiger partial charge in [-0.2, -0.15) is 5.26 Å². The maximum atomic E-state index is 12.2. The van der Waals surface area contributed by atoms with Gasteiger partial charge in [0.25, 0.3) is 0 Å². The van der Waals surface area contributed by atoms with E-state index in [0.29, 0.717) is 16.9 Å². The number of rotatable bonds is 2. The number of nitriles is 1. The zero-order chi connectivity index (χ0) is 14.7. The lowest BCUT2D eigenvalue weighted by atomic mass is 10.1. The van der Waals surface area contributed by atoms with E-state index in [1.807, 2.05) is 36.4 Å². The van der Waals surface area contributed by atoms with Gasteiger partial charge in [0.1, 0.15) is 5.75 Å². The largest absolute Gasteiger partial charge is 0.423 e. The normalized spacial score (nSPS) is 10.0. The van der Waals surface area contributed by atoms with Gasteiger partial charge in [-0.1, -0.05) is 36.4 Å². The van der Waals surface area contributed by atoms with Gasteiger partial charge in [0.05, 0.1) is 17.2 Å². The molecule has 3 aromatic rings. The molecular weight excluding hydrogens is 262 g/mol. The molecule has 100 valence electrons. The Morgan fingerprint density at radius 1 is 0.905 bits per heavy atom. The van der Waals surface area contributed by atoms with Crippen LogP contribution in [-0.2, 0) is 0 Å². The average molecular weight is 273 g/mol. The fourth-order valence-electron chi connectivity index (χ4n) is 2.11. The number of carbonyl (C=O) groups excluding carboxylic acids is 1. The van der Waals surface area contributed by atoms with Crippen molar-refractivity contribution >= 4 is 16.7 Å². The van der Waals surface area contributed by atoms with Gasteiger partial charge in [-0.15, -0.1) is 0 Å². The van der Waals surface area contributed by atoms with Crippen LogP contribution in [0.4, 0.5) is 0 Å². The van der Waals surface area contributed by atoms with Crippen molar-refractivity contribution in [2.45, 2.75) is 0 Å². The molecule has 0 spiro atoms. The molecule has 0 aliphatic carbocycles. The minimum Gasteiger partial charge on any atom is -0.423 e. The summed E-state index contributed by atoms with van der Waals surface area (Å²) < 4.78 is 5.30. The molecule has 0 bridgehead atoms. The van der Waals surface area contributed by atoms with Crippen LogP contribution in [0.25, 0.3) is 10.8 Å². The quantitative estimate of drug-likeness (QED) is 0.525. The lowest BCUT2D eigenvalue weighted by molar-refractivity contribution is 0.0735. The molecule has 0 aromatic heterocycles. The van der Waals surface area contributed by atoms with Crippen LogP contribution in [0.15, 0.2) is 66.7 Å². The number of nitrogens with zero attached hydrogens (tertiary/aromatic N) is 1. The van der Waals surface area contributed by atoms with E-state index in [1.54, 1.807) is 36.4 Å². The second-order valence-electron chi connectivity index (χ2n) is 4.59. The maximum absolute atomic E-state index is 12.2. The van der Waals surface area contributed by atoms with Gasteiger partial charge in [0.2, 0.25) is 0 Å². The number of carbonyl (C=O) groups is 1. The van der Waals surface area contributed by atoms with Crippen LogP contribution in [0.3, 0.4) is 0 Å². The molecule has 3 nitrogen and oxygen atoms in total. The Labute approximate surface area is 122 Å². The summed E-state index contributed by atoms with van der Waals surface area (Å²) in [5, 5.41) is 10.9. The third-order valence-corrected chi connectivity index (χ3v) is 3.16. The first-order valence-corrected chi connectivity index (χ1v) is 6.47. The van der Waals surface area contributed by atoms with Gasteiger partial charge in [0, 0.05) is 0 Å². The first-order valence-electron chi connectivity index (χ1n) is 6.47. The molecule has 0 aliphatic heterocycles. The predicted octanol–water partition coefficient (Wildman–Crippen LogP) is 3.93. The van der Waals surface area contributed by atoms with Gasteiger partial charge >= 0.3 is 5.97 Å². The van der Waals surface area contributed by atoms with Gasteiger partial charge in [-0.05, 0) is 41.1 Å². The number of hydrogen-bond acceptors (Lipinski definition) is 3. The molecule has 0 atom stereocenters. The topological polar surface area (TPSA) is 50.1 Å². The fourth-order valence-corrected chi connectivity index (χ4v) is 2.11. The van der Waals surface area contributed by atoms with Gasteiger partial charge in [-0.25, -0.2) is 4.79 Å². The Morgan fingerprint density at radius 2 is 1.71 bits per heavy atom. The molecule has 3 aromatic carbocycles. The highest BCUT2D eigenvalue weighted by molar-refractivity contribution is 5.96. The molecule has 0 aliphatic rings. The number of hydrogen-bond donors (Lipinski definition) is 0. The zero-order valence-corrected chi connectivity index (χ0v) is 11.1. The first kappa shape index (κ1) is 12.9. The van der Waals surface area contributed by atoms with E-state index in [9.17, 15) is 4.79 Å². The van der Waals surface area contributed by atoms with Crippen molar-refractivity contribution in [3.8, 4) is 11.8 Å². The number of esters is 1. The summed E-state index contributed by atoms with van der Waals surface area (Å²) in [7, 11) is 0. The Hall–Kier alpha value is -3.12. The minimum atomic E-state index is -0.434. The lowest BCUT2D eigenvalue weighted by Gasteiger charge is -2.05. The summed E-state index contributed by atoms with van der Waals surface area (Å²) in [4.78, 5) is 12.2. The van der Waals surface area contributed by atoms with E-state index in [-0.39, 0.29) is 0 Å². The van der Waals surface area contributed by atoms with Crippen LogP contribution < -0.4 is 4.74 Å². The Morgan fingerprint density at radius 3 is 2.52 bits per heavy atom. The van der Waals surface area contributed by atoms with E-state index in [2.05, 4.69) is 0 Å². The molecule has 3 heteroatoms. The molecule has 0 saturated carbocycles. The lowest BCUT2D eigenvalue weighted by Crippen LogP contribution is -2.08. The zero-order valence-electron chi connectivity index (χ0n) is 11.1.